The molecule has 4 aromatic rings. The number of rotatable bonds is 6. The van der Waals surface area contributed by atoms with E-state index in [2.05, 4.69) is 20.1 Å². The lowest BCUT2D eigenvalue weighted by atomic mass is 9.96. The smallest absolute Gasteiger partial charge is 0.410 e. The maximum Gasteiger partial charge on any atom is 0.410 e. The summed E-state index contributed by atoms with van der Waals surface area (Å²) in [4.78, 5) is 24.5. The van der Waals surface area contributed by atoms with Crippen LogP contribution in [0.15, 0.2) is 30.3 Å². The molecule has 2 aromatic carbocycles. The Bertz CT molecular complexity index is 1520. The topological polar surface area (TPSA) is 110 Å². The third kappa shape index (κ3) is 5.61. The van der Waals surface area contributed by atoms with E-state index >= 15 is 0 Å². The van der Waals surface area contributed by atoms with Crippen molar-refractivity contribution in [2.75, 3.05) is 26.7 Å². The number of likely N-dealkylation sites (N-methyl/N-ethyl adjacent to an activating group) is 1. The van der Waals surface area contributed by atoms with Gasteiger partial charge in [0.15, 0.2) is 17.4 Å². The number of aryl methyl sites for hydroxylation is 1. The minimum atomic E-state index is -0.640. The fourth-order valence-electron chi connectivity index (χ4n) is 4.90. The maximum absolute atomic E-state index is 14.1. The van der Waals surface area contributed by atoms with Gasteiger partial charge in [-0.3, -0.25) is 10.00 Å². The van der Waals surface area contributed by atoms with E-state index in [1.807, 2.05) is 45.9 Å². The quantitative estimate of drug-likeness (QED) is 0.312. The summed E-state index contributed by atoms with van der Waals surface area (Å²) in [5.74, 6) is -0.271. The molecule has 1 amide bonds. The molecule has 10 heteroatoms. The van der Waals surface area contributed by atoms with E-state index in [1.165, 1.54) is 12.1 Å². The molecule has 0 spiro atoms. The number of hydrogen-bond donors (Lipinski definition) is 3. The summed E-state index contributed by atoms with van der Waals surface area (Å²) < 4.78 is 19.6. The van der Waals surface area contributed by atoms with E-state index in [9.17, 15) is 14.3 Å². The van der Waals surface area contributed by atoms with E-state index in [-0.39, 0.29) is 11.8 Å². The first-order valence-electron chi connectivity index (χ1n) is 13.3. The summed E-state index contributed by atoms with van der Waals surface area (Å²) in [7, 11) is 1.76. The van der Waals surface area contributed by atoms with Crippen molar-refractivity contribution >= 4 is 17.0 Å². The number of aromatic nitrogens is 4. The Morgan fingerprint density at radius 1 is 1.26 bits per heavy atom. The van der Waals surface area contributed by atoms with Crippen LogP contribution in [0, 0.1) is 5.82 Å². The van der Waals surface area contributed by atoms with Crippen LogP contribution in [0.2, 0.25) is 0 Å². The lowest BCUT2D eigenvalue weighted by molar-refractivity contribution is 0.0280. The predicted octanol–water partition coefficient (Wildman–Crippen LogP) is 5.25. The summed E-state index contributed by atoms with van der Waals surface area (Å²) in [5, 5.41) is 18.3. The van der Waals surface area contributed by atoms with Crippen LogP contribution in [0.25, 0.3) is 33.5 Å². The SMILES string of the molecule is CCc1cc(O)c(F)cc1-c1ccc2c(-c3nc4c([nH]3)CCN(CCN(C)C(=O)OC(C)(C)C)C4)n[nH]c2c1. The first-order chi connectivity index (χ1) is 18.5. The van der Waals surface area contributed by atoms with Crippen LogP contribution in [0.4, 0.5) is 9.18 Å². The molecule has 0 saturated carbocycles. The summed E-state index contributed by atoms with van der Waals surface area (Å²) in [6.45, 7) is 10.4. The number of ether oxygens (including phenoxy) is 1. The Labute approximate surface area is 227 Å². The van der Waals surface area contributed by atoms with Crippen molar-refractivity contribution in [3.8, 4) is 28.4 Å². The number of imidazole rings is 1. The van der Waals surface area contributed by atoms with E-state index in [4.69, 9.17) is 9.72 Å². The zero-order valence-electron chi connectivity index (χ0n) is 23.1. The highest BCUT2D eigenvalue weighted by Crippen LogP contribution is 2.34. The zero-order chi connectivity index (χ0) is 27.9. The van der Waals surface area contributed by atoms with Gasteiger partial charge in [0, 0.05) is 50.7 Å². The number of phenols is 1. The Morgan fingerprint density at radius 2 is 2.05 bits per heavy atom. The number of hydrogen-bond acceptors (Lipinski definition) is 6. The molecule has 0 atom stereocenters. The van der Waals surface area contributed by atoms with Crippen molar-refractivity contribution in [2.24, 2.45) is 0 Å². The normalized spacial score (nSPS) is 14.0. The van der Waals surface area contributed by atoms with E-state index in [0.29, 0.717) is 25.3 Å². The standard InChI is InChI=1S/C29H35FN6O3/c1-6-17-14-25(37)21(30)15-20(17)18-7-8-19-23(13-18)33-34-26(19)27-31-22-9-10-36(16-24(22)32-27)12-11-35(5)28(38)39-29(2,3)4/h7-8,13-15,37H,6,9-12,16H2,1-5H3,(H,31,32)(H,33,34). The number of halogens is 1. The van der Waals surface area contributed by atoms with Crippen LogP contribution < -0.4 is 0 Å². The molecule has 0 aliphatic carbocycles. The molecule has 0 radical (unpaired) electrons. The van der Waals surface area contributed by atoms with Gasteiger partial charge < -0.3 is 19.7 Å². The lowest BCUT2D eigenvalue weighted by Gasteiger charge is -2.29. The summed E-state index contributed by atoms with van der Waals surface area (Å²) in [5.41, 5.74) is 5.58. The number of phenolic OH excluding ortho intramolecular Hbond substituents is 1. The van der Waals surface area contributed by atoms with Crippen LogP contribution in [0.5, 0.6) is 5.75 Å². The number of aromatic amines is 2. The molecule has 5 rings (SSSR count). The second-order valence-corrected chi connectivity index (χ2v) is 11.1. The second-order valence-electron chi connectivity index (χ2n) is 11.1. The van der Waals surface area contributed by atoms with Gasteiger partial charge in [-0.1, -0.05) is 13.0 Å². The molecule has 0 unspecified atom stereocenters. The van der Waals surface area contributed by atoms with Crippen molar-refractivity contribution in [2.45, 2.75) is 52.7 Å². The number of aromatic hydroxyl groups is 1. The Hall–Kier alpha value is -3.92. The summed E-state index contributed by atoms with van der Waals surface area (Å²) in [6.07, 6.45) is 1.18. The van der Waals surface area contributed by atoms with Gasteiger partial charge in [-0.05, 0) is 68.1 Å². The molecule has 0 saturated heterocycles. The maximum atomic E-state index is 14.1. The number of carbonyl (C=O) groups is 1. The fraction of sp³-hybridized carbons (Fsp3) is 0.414. The molecule has 3 N–H and O–H groups in total. The van der Waals surface area contributed by atoms with Gasteiger partial charge in [-0.25, -0.2) is 14.2 Å². The number of amides is 1. The van der Waals surface area contributed by atoms with E-state index in [1.54, 1.807) is 11.9 Å². The minimum absolute atomic E-state index is 0.322. The van der Waals surface area contributed by atoms with Crippen LogP contribution in [-0.2, 0) is 24.1 Å². The average Bonchev–Trinajstić information content (AvgIpc) is 3.50. The van der Waals surface area contributed by atoms with Crippen molar-refractivity contribution in [3.63, 3.8) is 0 Å². The summed E-state index contributed by atoms with van der Waals surface area (Å²) in [6, 6.07) is 8.72. The monoisotopic (exact) mass is 534 g/mol. The van der Waals surface area contributed by atoms with Crippen molar-refractivity contribution in [1.29, 1.82) is 0 Å². The highest BCUT2D eigenvalue weighted by Gasteiger charge is 2.24. The average molecular weight is 535 g/mol. The number of nitrogens with zero attached hydrogens (tertiary/aromatic N) is 4. The van der Waals surface area contributed by atoms with Crippen LogP contribution in [0.3, 0.4) is 0 Å². The molecule has 3 heterocycles. The molecule has 0 bridgehead atoms. The minimum Gasteiger partial charge on any atom is -0.505 e. The number of benzene rings is 2. The van der Waals surface area contributed by atoms with Gasteiger partial charge in [0.05, 0.1) is 11.2 Å². The van der Waals surface area contributed by atoms with Crippen LogP contribution >= 0.6 is 0 Å². The van der Waals surface area contributed by atoms with Crippen molar-refractivity contribution < 1.29 is 19.0 Å². The van der Waals surface area contributed by atoms with E-state index < -0.39 is 11.4 Å². The number of H-pyrrole nitrogens is 2. The number of fused-ring (bicyclic) bond motifs is 2. The molecule has 1 aliphatic rings. The molecule has 1 aliphatic heterocycles. The summed E-state index contributed by atoms with van der Waals surface area (Å²) >= 11 is 0. The van der Waals surface area contributed by atoms with Gasteiger partial charge in [0.2, 0.25) is 0 Å². The number of nitrogens with one attached hydrogen (secondary N) is 2. The number of carbonyl (C=O) groups excluding carboxylic acids is 1. The first-order valence-corrected chi connectivity index (χ1v) is 13.3. The molecule has 2 aromatic heterocycles. The van der Waals surface area contributed by atoms with Crippen molar-refractivity contribution in [1.82, 2.24) is 30.0 Å². The van der Waals surface area contributed by atoms with Gasteiger partial charge >= 0.3 is 6.09 Å². The lowest BCUT2D eigenvalue weighted by Crippen LogP contribution is -2.40. The molecule has 206 valence electrons. The first kappa shape index (κ1) is 26.7. The second kappa shape index (κ2) is 10.3. The van der Waals surface area contributed by atoms with Crippen molar-refractivity contribution in [3.05, 3.63) is 53.1 Å². The van der Waals surface area contributed by atoms with E-state index in [0.717, 1.165) is 64.2 Å². The zero-order valence-corrected chi connectivity index (χ0v) is 23.1. The highest BCUT2D eigenvalue weighted by molar-refractivity contribution is 5.94. The van der Waals surface area contributed by atoms with Crippen LogP contribution in [-0.4, -0.2) is 73.4 Å². The molecular formula is C29H35FN6O3. The predicted molar refractivity (Wildman–Crippen MR) is 148 cm³/mol. The Morgan fingerprint density at radius 3 is 2.79 bits per heavy atom. The Balaban J connectivity index is 1.31. The highest BCUT2D eigenvalue weighted by atomic mass is 19.1. The molecule has 9 nitrogen and oxygen atoms in total. The fourth-order valence-corrected chi connectivity index (χ4v) is 4.90. The molecule has 0 fully saturated rings. The van der Waals surface area contributed by atoms with Crippen LogP contribution in [0.1, 0.15) is 44.6 Å². The van der Waals surface area contributed by atoms with Gasteiger partial charge in [0.25, 0.3) is 0 Å². The van der Waals surface area contributed by atoms with Gasteiger partial charge in [-0.15, -0.1) is 0 Å². The third-order valence-corrected chi connectivity index (χ3v) is 7.02. The third-order valence-electron chi connectivity index (χ3n) is 7.02. The molecule has 39 heavy (non-hydrogen) atoms. The van der Waals surface area contributed by atoms with Gasteiger partial charge in [-0.2, -0.15) is 5.10 Å². The van der Waals surface area contributed by atoms with Gasteiger partial charge in [0.1, 0.15) is 11.3 Å². The Kier molecular flexibility index (Phi) is 7.07. The largest absolute Gasteiger partial charge is 0.505 e. The molecular weight excluding hydrogens is 499 g/mol.